The molecule has 6 heteroatoms. The molecule has 0 radical (unpaired) electrons. The number of rotatable bonds is 3. The molecule has 0 saturated carbocycles. The lowest BCUT2D eigenvalue weighted by atomic mass is 9.92. The lowest BCUT2D eigenvalue weighted by Crippen LogP contribution is -2.50. The van der Waals surface area contributed by atoms with Gasteiger partial charge in [0, 0.05) is 24.7 Å². The van der Waals surface area contributed by atoms with Crippen LogP contribution in [0.3, 0.4) is 0 Å². The van der Waals surface area contributed by atoms with Crippen molar-refractivity contribution in [3.8, 4) is 0 Å². The van der Waals surface area contributed by atoms with Gasteiger partial charge in [0.1, 0.15) is 5.82 Å². The SMILES string of the molecule is CC(C)c1ncc(N)c(C(=O)NC2(C)CCOCC2)n1. The van der Waals surface area contributed by atoms with Gasteiger partial charge >= 0.3 is 0 Å². The summed E-state index contributed by atoms with van der Waals surface area (Å²) in [4.78, 5) is 20.8. The summed E-state index contributed by atoms with van der Waals surface area (Å²) in [7, 11) is 0. The van der Waals surface area contributed by atoms with E-state index in [4.69, 9.17) is 10.5 Å². The number of carbonyl (C=O) groups is 1. The standard InChI is InChI=1S/C14H22N4O2/c1-9(2)12-16-8-10(15)11(17-12)13(19)18-14(3)4-6-20-7-5-14/h8-9H,4-7,15H2,1-3H3,(H,18,19). The van der Waals surface area contributed by atoms with Crippen LogP contribution in [0.5, 0.6) is 0 Å². The predicted octanol–water partition coefficient (Wildman–Crippen LogP) is 1.48. The molecule has 1 aliphatic heterocycles. The molecule has 2 heterocycles. The van der Waals surface area contributed by atoms with Crippen molar-refractivity contribution in [3.63, 3.8) is 0 Å². The molecular weight excluding hydrogens is 256 g/mol. The van der Waals surface area contributed by atoms with Crippen LogP contribution in [-0.2, 0) is 4.74 Å². The number of carbonyl (C=O) groups excluding carboxylic acids is 1. The van der Waals surface area contributed by atoms with E-state index in [1.165, 1.54) is 6.20 Å². The van der Waals surface area contributed by atoms with E-state index in [0.717, 1.165) is 12.8 Å². The molecule has 1 fully saturated rings. The molecule has 110 valence electrons. The second-order valence-corrected chi connectivity index (χ2v) is 5.81. The highest BCUT2D eigenvalue weighted by molar-refractivity contribution is 5.97. The molecule has 20 heavy (non-hydrogen) atoms. The highest BCUT2D eigenvalue weighted by Gasteiger charge is 2.30. The number of ether oxygens (including phenoxy) is 1. The van der Waals surface area contributed by atoms with Crippen LogP contribution in [-0.4, -0.2) is 34.6 Å². The summed E-state index contributed by atoms with van der Waals surface area (Å²) in [6, 6.07) is 0. The number of anilines is 1. The highest BCUT2D eigenvalue weighted by Crippen LogP contribution is 2.21. The van der Waals surface area contributed by atoms with E-state index in [2.05, 4.69) is 15.3 Å². The fourth-order valence-corrected chi connectivity index (χ4v) is 2.15. The number of nitrogens with one attached hydrogen (secondary N) is 1. The van der Waals surface area contributed by atoms with Crippen LogP contribution in [0.1, 0.15) is 55.8 Å². The Morgan fingerprint density at radius 1 is 1.45 bits per heavy atom. The lowest BCUT2D eigenvalue weighted by Gasteiger charge is -2.34. The minimum atomic E-state index is -0.259. The molecule has 1 amide bonds. The zero-order chi connectivity index (χ0) is 14.8. The van der Waals surface area contributed by atoms with Crippen molar-refractivity contribution in [3.05, 3.63) is 17.7 Å². The first-order valence-electron chi connectivity index (χ1n) is 6.94. The lowest BCUT2D eigenvalue weighted by molar-refractivity contribution is 0.0421. The third-order valence-corrected chi connectivity index (χ3v) is 3.58. The van der Waals surface area contributed by atoms with E-state index in [1.54, 1.807) is 0 Å². The number of nitrogen functional groups attached to an aromatic ring is 1. The molecule has 2 rings (SSSR count). The molecule has 0 atom stereocenters. The van der Waals surface area contributed by atoms with Crippen molar-refractivity contribution in [1.29, 1.82) is 0 Å². The molecular formula is C14H22N4O2. The Bertz CT molecular complexity index is 496. The number of amides is 1. The molecule has 6 nitrogen and oxygen atoms in total. The monoisotopic (exact) mass is 278 g/mol. The molecule has 0 aliphatic carbocycles. The first-order valence-corrected chi connectivity index (χ1v) is 6.94. The van der Waals surface area contributed by atoms with Crippen molar-refractivity contribution < 1.29 is 9.53 Å². The Labute approximate surface area is 119 Å². The Hall–Kier alpha value is -1.69. The summed E-state index contributed by atoms with van der Waals surface area (Å²) in [6.07, 6.45) is 3.09. The van der Waals surface area contributed by atoms with Gasteiger partial charge in [-0.2, -0.15) is 0 Å². The van der Waals surface area contributed by atoms with E-state index in [9.17, 15) is 4.79 Å². The summed E-state index contributed by atoms with van der Waals surface area (Å²) >= 11 is 0. The second-order valence-electron chi connectivity index (χ2n) is 5.81. The molecule has 0 aromatic carbocycles. The fourth-order valence-electron chi connectivity index (χ4n) is 2.15. The van der Waals surface area contributed by atoms with Crippen LogP contribution in [0.15, 0.2) is 6.20 Å². The van der Waals surface area contributed by atoms with Crippen molar-refractivity contribution in [2.75, 3.05) is 18.9 Å². The van der Waals surface area contributed by atoms with Crippen LogP contribution in [0.2, 0.25) is 0 Å². The number of hydrogen-bond acceptors (Lipinski definition) is 5. The van der Waals surface area contributed by atoms with E-state index >= 15 is 0 Å². The quantitative estimate of drug-likeness (QED) is 0.874. The maximum atomic E-state index is 12.4. The van der Waals surface area contributed by atoms with E-state index in [1.807, 2.05) is 20.8 Å². The maximum Gasteiger partial charge on any atom is 0.272 e. The van der Waals surface area contributed by atoms with Gasteiger partial charge in [-0.05, 0) is 19.8 Å². The summed E-state index contributed by atoms with van der Waals surface area (Å²) in [5.74, 6) is 0.540. The van der Waals surface area contributed by atoms with Crippen LogP contribution in [0, 0.1) is 0 Å². The molecule has 0 spiro atoms. The molecule has 1 aromatic rings. The van der Waals surface area contributed by atoms with Crippen LogP contribution in [0.25, 0.3) is 0 Å². The normalized spacial score (nSPS) is 18.0. The average Bonchev–Trinajstić information content (AvgIpc) is 2.39. The average molecular weight is 278 g/mol. The minimum Gasteiger partial charge on any atom is -0.396 e. The summed E-state index contributed by atoms with van der Waals surface area (Å²) in [5.41, 5.74) is 6.14. The zero-order valence-electron chi connectivity index (χ0n) is 12.3. The molecule has 0 bridgehead atoms. The highest BCUT2D eigenvalue weighted by atomic mass is 16.5. The van der Waals surface area contributed by atoms with Crippen LogP contribution >= 0.6 is 0 Å². The topological polar surface area (TPSA) is 90.1 Å². The Morgan fingerprint density at radius 2 is 2.10 bits per heavy atom. The van der Waals surface area contributed by atoms with E-state index in [-0.39, 0.29) is 23.1 Å². The number of nitrogens with zero attached hydrogens (tertiary/aromatic N) is 2. The fraction of sp³-hybridized carbons (Fsp3) is 0.643. The Kier molecular flexibility index (Phi) is 4.23. The summed E-state index contributed by atoms with van der Waals surface area (Å²) in [5, 5.41) is 3.03. The van der Waals surface area contributed by atoms with Crippen LogP contribution in [0.4, 0.5) is 5.69 Å². The predicted molar refractivity (Wildman–Crippen MR) is 76.5 cm³/mol. The largest absolute Gasteiger partial charge is 0.396 e. The van der Waals surface area contributed by atoms with Crippen molar-refractivity contribution in [2.24, 2.45) is 0 Å². The number of nitrogens with two attached hydrogens (primary N) is 1. The van der Waals surface area contributed by atoms with Gasteiger partial charge in [-0.3, -0.25) is 4.79 Å². The van der Waals surface area contributed by atoms with Gasteiger partial charge in [-0.15, -0.1) is 0 Å². The second kappa shape index (κ2) is 5.75. The number of hydrogen-bond donors (Lipinski definition) is 2. The third kappa shape index (κ3) is 3.25. The van der Waals surface area contributed by atoms with Crippen molar-refractivity contribution >= 4 is 11.6 Å². The zero-order valence-corrected chi connectivity index (χ0v) is 12.3. The van der Waals surface area contributed by atoms with Gasteiger partial charge in [0.25, 0.3) is 5.91 Å². The summed E-state index contributed by atoms with van der Waals surface area (Å²) in [6.45, 7) is 7.30. The van der Waals surface area contributed by atoms with Gasteiger partial charge in [-0.1, -0.05) is 13.8 Å². The Balaban J connectivity index is 2.18. The molecule has 1 saturated heterocycles. The first-order chi connectivity index (χ1) is 9.41. The minimum absolute atomic E-state index is 0.154. The number of aromatic nitrogens is 2. The maximum absolute atomic E-state index is 12.4. The molecule has 1 aliphatic rings. The van der Waals surface area contributed by atoms with Gasteiger partial charge < -0.3 is 15.8 Å². The molecule has 0 unspecified atom stereocenters. The molecule has 3 N–H and O–H groups in total. The molecule has 1 aromatic heterocycles. The Morgan fingerprint density at radius 3 is 2.70 bits per heavy atom. The van der Waals surface area contributed by atoms with Gasteiger partial charge in [0.15, 0.2) is 5.69 Å². The van der Waals surface area contributed by atoms with E-state index in [0.29, 0.717) is 24.7 Å². The van der Waals surface area contributed by atoms with E-state index < -0.39 is 0 Å². The van der Waals surface area contributed by atoms with Crippen molar-refractivity contribution in [1.82, 2.24) is 15.3 Å². The van der Waals surface area contributed by atoms with Gasteiger partial charge in [0.2, 0.25) is 0 Å². The summed E-state index contributed by atoms with van der Waals surface area (Å²) < 4.78 is 5.32. The third-order valence-electron chi connectivity index (χ3n) is 3.58. The van der Waals surface area contributed by atoms with Crippen molar-refractivity contribution in [2.45, 2.75) is 45.1 Å². The smallest absolute Gasteiger partial charge is 0.272 e. The first kappa shape index (κ1) is 14.7. The van der Waals surface area contributed by atoms with Gasteiger partial charge in [-0.25, -0.2) is 9.97 Å². The van der Waals surface area contributed by atoms with Crippen LogP contribution < -0.4 is 11.1 Å². The van der Waals surface area contributed by atoms with Gasteiger partial charge in [0.05, 0.1) is 11.9 Å².